The summed E-state index contributed by atoms with van der Waals surface area (Å²) in [6.45, 7) is 3.14. The molecule has 0 saturated carbocycles. The lowest BCUT2D eigenvalue weighted by atomic mass is 10.1. The van der Waals surface area contributed by atoms with Crippen molar-refractivity contribution in [1.82, 2.24) is 9.97 Å². The Morgan fingerprint density at radius 1 is 1.13 bits per heavy atom. The molecule has 154 valence electrons. The topological polar surface area (TPSA) is 106 Å². The molecule has 0 fully saturated rings. The van der Waals surface area contributed by atoms with E-state index >= 15 is 0 Å². The van der Waals surface area contributed by atoms with Crippen LogP contribution in [0.4, 0.5) is 5.82 Å². The van der Waals surface area contributed by atoms with Crippen molar-refractivity contribution in [1.29, 1.82) is 0 Å². The molecule has 6 nitrogen and oxygen atoms in total. The Balaban J connectivity index is 1.94. The van der Waals surface area contributed by atoms with Gasteiger partial charge in [-0.15, -0.1) is 0 Å². The number of rotatable bonds is 4. The smallest absolute Gasteiger partial charge is 0.180 e. The summed E-state index contributed by atoms with van der Waals surface area (Å²) >= 11 is 6.04. The molecule has 0 atom stereocenters. The lowest BCUT2D eigenvalue weighted by Gasteiger charge is -2.08. The van der Waals surface area contributed by atoms with Gasteiger partial charge in [-0.05, 0) is 55.7 Å². The first-order chi connectivity index (χ1) is 14.2. The van der Waals surface area contributed by atoms with Gasteiger partial charge in [0.2, 0.25) is 0 Å². The Hall–Kier alpha value is -2.92. The monoisotopic (exact) mass is 441 g/mol. The van der Waals surface area contributed by atoms with Gasteiger partial charge in [-0.1, -0.05) is 29.7 Å². The SMILES string of the molecule is CC(C)S(=O)(=O)c1ccc(-c2cnc(N)c(C#Cc3cc(Cl)cc(CO)c3)n2)cc1. The molecule has 30 heavy (non-hydrogen) atoms. The summed E-state index contributed by atoms with van der Waals surface area (Å²) in [5, 5.41) is 9.26. The zero-order valence-corrected chi connectivity index (χ0v) is 18.0. The number of nitrogens with zero attached hydrogens (tertiary/aromatic N) is 2. The second-order valence-electron chi connectivity index (χ2n) is 6.86. The minimum atomic E-state index is -3.35. The molecule has 0 unspecified atom stereocenters. The average Bonchev–Trinajstić information content (AvgIpc) is 2.72. The number of hydrogen-bond acceptors (Lipinski definition) is 6. The van der Waals surface area contributed by atoms with Gasteiger partial charge in [0.05, 0.1) is 28.6 Å². The molecule has 0 aliphatic carbocycles. The van der Waals surface area contributed by atoms with Crippen LogP contribution < -0.4 is 5.73 Å². The second kappa shape index (κ2) is 8.84. The van der Waals surface area contributed by atoms with E-state index in [2.05, 4.69) is 21.8 Å². The van der Waals surface area contributed by atoms with Crippen LogP contribution in [0.2, 0.25) is 5.02 Å². The summed E-state index contributed by atoms with van der Waals surface area (Å²) in [5.41, 5.74) is 8.67. The maximum absolute atomic E-state index is 12.3. The molecule has 0 bridgehead atoms. The van der Waals surface area contributed by atoms with Gasteiger partial charge in [0.1, 0.15) is 0 Å². The maximum Gasteiger partial charge on any atom is 0.180 e. The van der Waals surface area contributed by atoms with Gasteiger partial charge in [-0.3, -0.25) is 0 Å². The van der Waals surface area contributed by atoms with E-state index in [-0.39, 0.29) is 23.0 Å². The van der Waals surface area contributed by atoms with Crippen LogP contribution in [0.1, 0.15) is 30.7 Å². The molecule has 0 aliphatic rings. The molecule has 0 aliphatic heterocycles. The highest BCUT2D eigenvalue weighted by atomic mass is 35.5. The molecule has 1 heterocycles. The summed E-state index contributed by atoms with van der Waals surface area (Å²) in [6, 6.07) is 11.5. The minimum absolute atomic E-state index is 0.144. The van der Waals surface area contributed by atoms with Crippen LogP contribution in [0.3, 0.4) is 0 Å². The standard InChI is InChI=1S/C22H20ClN3O3S/c1-14(2)30(28,29)19-6-4-17(5-7-19)21-12-25-22(24)20(26-21)8-3-15-9-16(13-27)11-18(23)10-15/h4-7,9-12,14,27H,13H2,1-2H3,(H2,24,25). The molecule has 3 aromatic rings. The van der Waals surface area contributed by atoms with E-state index in [1.807, 2.05) is 0 Å². The lowest BCUT2D eigenvalue weighted by molar-refractivity contribution is 0.282. The van der Waals surface area contributed by atoms with Gasteiger partial charge in [0, 0.05) is 16.1 Å². The van der Waals surface area contributed by atoms with E-state index in [0.29, 0.717) is 27.4 Å². The van der Waals surface area contributed by atoms with Crippen LogP contribution in [0.5, 0.6) is 0 Å². The Bertz CT molecular complexity index is 1240. The molecule has 0 amide bonds. The number of nitrogens with two attached hydrogens (primary N) is 1. The first kappa shape index (κ1) is 21.8. The van der Waals surface area contributed by atoms with Gasteiger partial charge >= 0.3 is 0 Å². The Morgan fingerprint density at radius 3 is 2.47 bits per heavy atom. The zero-order chi connectivity index (χ0) is 21.9. The van der Waals surface area contributed by atoms with Crippen LogP contribution in [0, 0.1) is 11.8 Å². The summed E-state index contributed by atoms with van der Waals surface area (Å²) < 4.78 is 24.6. The number of aliphatic hydroxyl groups excluding tert-OH is 1. The third-order valence-corrected chi connectivity index (χ3v) is 6.75. The second-order valence-corrected chi connectivity index (χ2v) is 9.80. The molecular formula is C22H20ClN3O3S. The van der Waals surface area contributed by atoms with Crippen molar-refractivity contribution >= 4 is 27.3 Å². The first-order valence-electron chi connectivity index (χ1n) is 9.10. The number of hydrogen-bond donors (Lipinski definition) is 2. The van der Waals surface area contributed by atoms with Crippen molar-refractivity contribution < 1.29 is 13.5 Å². The molecular weight excluding hydrogens is 422 g/mol. The summed E-state index contributed by atoms with van der Waals surface area (Å²) in [4.78, 5) is 8.86. The highest BCUT2D eigenvalue weighted by molar-refractivity contribution is 7.92. The van der Waals surface area contributed by atoms with Gasteiger partial charge < -0.3 is 10.8 Å². The Morgan fingerprint density at radius 2 is 1.83 bits per heavy atom. The number of aliphatic hydroxyl groups is 1. The fraction of sp³-hybridized carbons (Fsp3) is 0.182. The van der Waals surface area contributed by atoms with Crippen LogP contribution in [0.15, 0.2) is 53.6 Å². The van der Waals surface area contributed by atoms with E-state index in [1.54, 1.807) is 56.3 Å². The average molecular weight is 442 g/mol. The van der Waals surface area contributed by atoms with E-state index < -0.39 is 15.1 Å². The number of aromatic nitrogens is 2. The van der Waals surface area contributed by atoms with Gasteiger partial charge in [-0.2, -0.15) is 0 Å². The summed E-state index contributed by atoms with van der Waals surface area (Å²) in [5.74, 6) is 5.99. The number of sulfone groups is 1. The highest BCUT2D eigenvalue weighted by Crippen LogP contribution is 2.23. The number of anilines is 1. The van der Waals surface area contributed by atoms with Crippen LogP contribution >= 0.6 is 11.6 Å². The van der Waals surface area contributed by atoms with E-state index in [4.69, 9.17) is 17.3 Å². The molecule has 2 aromatic carbocycles. The highest BCUT2D eigenvalue weighted by Gasteiger charge is 2.19. The zero-order valence-electron chi connectivity index (χ0n) is 16.4. The molecule has 3 N–H and O–H groups in total. The van der Waals surface area contributed by atoms with E-state index in [0.717, 1.165) is 0 Å². The fourth-order valence-electron chi connectivity index (χ4n) is 2.66. The molecule has 0 radical (unpaired) electrons. The van der Waals surface area contributed by atoms with Gasteiger partial charge in [0.15, 0.2) is 21.3 Å². The quantitative estimate of drug-likeness (QED) is 0.600. The molecule has 0 saturated heterocycles. The number of benzene rings is 2. The van der Waals surface area contributed by atoms with Crippen molar-refractivity contribution in [2.75, 3.05) is 5.73 Å². The van der Waals surface area contributed by atoms with Crippen LogP contribution in [-0.4, -0.2) is 28.7 Å². The molecule has 1 aromatic heterocycles. The molecule has 3 rings (SSSR count). The lowest BCUT2D eigenvalue weighted by Crippen LogP contribution is -2.13. The minimum Gasteiger partial charge on any atom is -0.392 e. The normalized spacial score (nSPS) is 11.2. The number of nitrogen functional groups attached to an aromatic ring is 1. The van der Waals surface area contributed by atoms with Crippen molar-refractivity contribution in [3.63, 3.8) is 0 Å². The van der Waals surface area contributed by atoms with Crippen molar-refractivity contribution in [2.24, 2.45) is 0 Å². The predicted molar refractivity (Wildman–Crippen MR) is 118 cm³/mol. The predicted octanol–water partition coefficient (Wildman–Crippen LogP) is 3.45. The third kappa shape index (κ3) is 4.79. The Labute approximate surface area is 180 Å². The van der Waals surface area contributed by atoms with Crippen molar-refractivity contribution in [2.45, 2.75) is 30.6 Å². The Kier molecular flexibility index (Phi) is 6.42. The third-order valence-electron chi connectivity index (χ3n) is 4.37. The maximum atomic E-state index is 12.3. The van der Waals surface area contributed by atoms with Gasteiger partial charge in [0.25, 0.3) is 0 Å². The van der Waals surface area contributed by atoms with Crippen LogP contribution in [-0.2, 0) is 16.4 Å². The largest absolute Gasteiger partial charge is 0.392 e. The van der Waals surface area contributed by atoms with E-state index in [9.17, 15) is 13.5 Å². The van der Waals surface area contributed by atoms with Crippen molar-refractivity contribution in [3.05, 3.63) is 70.5 Å². The van der Waals surface area contributed by atoms with E-state index in [1.165, 1.54) is 6.20 Å². The fourth-order valence-corrected chi connectivity index (χ4v) is 3.98. The molecule has 0 spiro atoms. The molecule has 8 heteroatoms. The van der Waals surface area contributed by atoms with Crippen LogP contribution in [0.25, 0.3) is 11.3 Å². The summed E-state index contributed by atoms with van der Waals surface area (Å²) in [7, 11) is -3.35. The van der Waals surface area contributed by atoms with Gasteiger partial charge in [-0.25, -0.2) is 18.4 Å². The number of halogens is 1. The first-order valence-corrected chi connectivity index (χ1v) is 11.0. The van der Waals surface area contributed by atoms with Crippen molar-refractivity contribution in [3.8, 4) is 23.1 Å². The summed E-state index contributed by atoms with van der Waals surface area (Å²) in [6.07, 6.45) is 1.51.